The summed E-state index contributed by atoms with van der Waals surface area (Å²) in [5.41, 5.74) is 2.39. The minimum absolute atomic E-state index is 0.0550. The second kappa shape index (κ2) is 9.68. The van der Waals surface area contributed by atoms with Gasteiger partial charge in [-0.1, -0.05) is 47.5 Å². The number of oxazole rings is 1. The van der Waals surface area contributed by atoms with Gasteiger partial charge in [-0.05, 0) is 61.9 Å². The number of nitrogens with one attached hydrogen (secondary N) is 1. The topological polar surface area (TPSA) is 81.4 Å². The number of hydrogen-bond acceptors (Lipinski definition) is 6. The van der Waals surface area contributed by atoms with E-state index >= 15 is 0 Å². The van der Waals surface area contributed by atoms with Crippen LogP contribution in [-0.4, -0.2) is 20.0 Å². The maximum Gasteiger partial charge on any atom is 0.234 e. The number of aromatic nitrogens is 1. The molecule has 33 heavy (non-hydrogen) atoms. The number of ether oxygens (including phenoxy) is 1. The number of rotatable bonds is 8. The molecule has 4 aromatic rings. The van der Waals surface area contributed by atoms with Crippen LogP contribution in [0.2, 0.25) is 5.02 Å². The minimum Gasteiger partial charge on any atom is -0.494 e. The highest BCUT2D eigenvalue weighted by molar-refractivity contribution is 7.91. The third-order valence-electron chi connectivity index (χ3n) is 4.99. The molecular weight excluding hydrogens is 460 g/mol. The normalized spacial score (nSPS) is 11.4. The maximum atomic E-state index is 13.4. The van der Waals surface area contributed by atoms with Crippen LogP contribution in [-0.2, 0) is 16.4 Å². The molecule has 0 unspecified atom stereocenters. The molecule has 0 fully saturated rings. The number of nitrogens with zero attached hydrogens (tertiary/aromatic N) is 1. The fourth-order valence-corrected chi connectivity index (χ4v) is 4.71. The molecule has 0 aliphatic carbocycles. The molecule has 1 heterocycles. The van der Waals surface area contributed by atoms with Gasteiger partial charge in [0.1, 0.15) is 5.75 Å². The predicted molar refractivity (Wildman–Crippen MR) is 129 cm³/mol. The van der Waals surface area contributed by atoms with Crippen LogP contribution >= 0.6 is 11.6 Å². The Morgan fingerprint density at radius 2 is 1.70 bits per heavy atom. The fraction of sp³-hybridized carbons (Fsp3) is 0.160. The van der Waals surface area contributed by atoms with Gasteiger partial charge < -0.3 is 14.5 Å². The van der Waals surface area contributed by atoms with Crippen LogP contribution in [0.5, 0.6) is 5.75 Å². The summed E-state index contributed by atoms with van der Waals surface area (Å²) in [6, 6.07) is 21.1. The smallest absolute Gasteiger partial charge is 0.234 e. The lowest BCUT2D eigenvalue weighted by atomic mass is 10.2. The Labute approximate surface area is 198 Å². The van der Waals surface area contributed by atoms with E-state index in [1.165, 1.54) is 0 Å². The zero-order valence-corrected chi connectivity index (χ0v) is 19.8. The predicted octanol–water partition coefficient (Wildman–Crippen LogP) is 6.15. The Morgan fingerprint density at radius 3 is 2.36 bits per heavy atom. The van der Waals surface area contributed by atoms with Crippen molar-refractivity contribution in [3.05, 3.63) is 88.9 Å². The second-order valence-corrected chi connectivity index (χ2v) is 9.64. The summed E-state index contributed by atoms with van der Waals surface area (Å²) in [5, 5.41) is 3.45. The van der Waals surface area contributed by atoms with E-state index in [9.17, 15) is 8.42 Å². The first kappa shape index (κ1) is 22.9. The largest absolute Gasteiger partial charge is 0.494 e. The number of sulfone groups is 1. The zero-order valence-electron chi connectivity index (χ0n) is 18.2. The third kappa shape index (κ3) is 5.05. The van der Waals surface area contributed by atoms with Gasteiger partial charge in [0.15, 0.2) is 0 Å². The van der Waals surface area contributed by atoms with E-state index in [0.29, 0.717) is 22.9 Å². The highest BCUT2D eigenvalue weighted by Gasteiger charge is 2.28. The van der Waals surface area contributed by atoms with E-state index in [0.717, 1.165) is 11.1 Å². The first-order valence-corrected chi connectivity index (χ1v) is 12.3. The number of aryl methyl sites for hydroxylation is 1. The number of hydrogen-bond donors (Lipinski definition) is 1. The number of halogens is 1. The average Bonchev–Trinajstić information content (AvgIpc) is 3.25. The second-order valence-electron chi connectivity index (χ2n) is 7.37. The third-order valence-corrected chi connectivity index (χ3v) is 7.04. The SMILES string of the molecule is CCOc1ccc(-c2nc(S(=O)(=O)c3ccc(C)cc3)c(NCc3ccccc3Cl)o2)cc1. The summed E-state index contributed by atoms with van der Waals surface area (Å²) < 4.78 is 38.2. The Kier molecular flexibility index (Phi) is 6.72. The van der Waals surface area contributed by atoms with Crippen molar-refractivity contribution in [2.24, 2.45) is 0 Å². The van der Waals surface area contributed by atoms with Crippen molar-refractivity contribution in [1.29, 1.82) is 0 Å². The summed E-state index contributed by atoms with van der Waals surface area (Å²) >= 11 is 6.26. The van der Waals surface area contributed by atoms with Gasteiger partial charge in [-0.3, -0.25) is 0 Å². The molecule has 0 aliphatic heterocycles. The molecule has 6 nitrogen and oxygen atoms in total. The van der Waals surface area contributed by atoms with Gasteiger partial charge in [0.05, 0.1) is 11.5 Å². The van der Waals surface area contributed by atoms with Crippen LogP contribution in [0.15, 0.2) is 87.1 Å². The van der Waals surface area contributed by atoms with Gasteiger partial charge in [-0.2, -0.15) is 4.98 Å². The van der Waals surface area contributed by atoms with Gasteiger partial charge in [-0.15, -0.1) is 0 Å². The Hall–Kier alpha value is -3.29. The zero-order chi connectivity index (χ0) is 23.4. The molecule has 3 aromatic carbocycles. The Balaban J connectivity index is 1.74. The summed E-state index contributed by atoms with van der Waals surface area (Å²) in [6.07, 6.45) is 0. The standard InChI is InChI=1S/C25H23ClN2O4S/c1-3-31-20-12-10-18(11-13-20)23-28-25(33(29,30)21-14-8-17(2)9-15-21)24(32-23)27-16-19-6-4-5-7-22(19)26/h4-15,27H,3,16H2,1-2H3. The van der Waals surface area contributed by atoms with Gasteiger partial charge in [-0.25, -0.2) is 8.42 Å². The van der Waals surface area contributed by atoms with E-state index < -0.39 is 9.84 Å². The molecule has 0 saturated carbocycles. The summed E-state index contributed by atoms with van der Waals surface area (Å²) in [7, 11) is -3.93. The van der Waals surface area contributed by atoms with Crippen LogP contribution in [0.4, 0.5) is 5.88 Å². The lowest BCUT2D eigenvalue weighted by Gasteiger charge is -2.07. The lowest BCUT2D eigenvalue weighted by Crippen LogP contribution is -2.07. The molecule has 0 atom stereocenters. The van der Waals surface area contributed by atoms with E-state index in [4.69, 9.17) is 20.8 Å². The molecule has 0 bridgehead atoms. The highest BCUT2D eigenvalue weighted by atomic mass is 35.5. The maximum absolute atomic E-state index is 13.4. The van der Waals surface area contributed by atoms with Crippen molar-refractivity contribution in [3.63, 3.8) is 0 Å². The monoisotopic (exact) mass is 482 g/mol. The Bertz CT molecular complexity index is 1350. The van der Waals surface area contributed by atoms with Crippen LogP contribution in [0.3, 0.4) is 0 Å². The van der Waals surface area contributed by atoms with E-state index in [1.54, 1.807) is 54.6 Å². The summed E-state index contributed by atoms with van der Waals surface area (Å²) in [6.45, 7) is 4.62. The summed E-state index contributed by atoms with van der Waals surface area (Å²) in [5.74, 6) is 0.946. The molecular formula is C25H23ClN2O4S. The van der Waals surface area contributed by atoms with Gasteiger partial charge in [0, 0.05) is 17.1 Å². The van der Waals surface area contributed by atoms with E-state index in [2.05, 4.69) is 10.3 Å². The first-order valence-electron chi connectivity index (χ1n) is 10.4. The molecule has 1 N–H and O–H groups in total. The molecule has 0 radical (unpaired) electrons. The number of benzene rings is 3. The molecule has 4 rings (SSSR count). The van der Waals surface area contributed by atoms with Crippen molar-refractivity contribution in [2.45, 2.75) is 30.3 Å². The van der Waals surface area contributed by atoms with Crippen molar-refractivity contribution < 1.29 is 17.6 Å². The van der Waals surface area contributed by atoms with E-state index in [-0.39, 0.29) is 28.2 Å². The van der Waals surface area contributed by atoms with Gasteiger partial charge in [0.25, 0.3) is 0 Å². The van der Waals surface area contributed by atoms with Gasteiger partial charge in [0.2, 0.25) is 26.6 Å². The fourth-order valence-electron chi connectivity index (χ4n) is 3.23. The van der Waals surface area contributed by atoms with Crippen molar-refractivity contribution in [1.82, 2.24) is 4.98 Å². The molecule has 8 heteroatoms. The van der Waals surface area contributed by atoms with Crippen molar-refractivity contribution in [3.8, 4) is 17.2 Å². The summed E-state index contributed by atoms with van der Waals surface area (Å²) in [4.78, 5) is 4.51. The van der Waals surface area contributed by atoms with E-state index in [1.807, 2.05) is 32.0 Å². The first-order chi connectivity index (χ1) is 15.9. The average molecular weight is 483 g/mol. The highest BCUT2D eigenvalue weighted by Crippen LogP contribution is 2.33. The molecule has 0 aliphatic rings. The molecule has 0 amide bonds. The minimum atomic E-state index is -3.93. The van der Waals surface area contributed by atoms with Crippen molar-refractivity contribution >= 4 is 27.3 Å². The molecule has 170 valence electrons. The lowest BCUT2D eigenvalue weighted by molar-refractivity contribution is 0.340. The van der Waals surface area contributed by atoms with Crippen LogP contribution < -0.4 is 10.1 Å². The molecule has 0 spiro atoms. The van der Waals surface area contributed by atoms with Crippen LogP contribution in [0.25, 0.3) is 11.5 Å². The quantitative estimate of drug-likeness (QED) is 0.324. The van der Waals surface area contributed by atoms with Gasteiger partial charge >= 0.3 is 0 Å². The van der Waals surface area contributed by atoms with Crippen LogP contribution in [0, 0.1) is 6.92 Å². The van der Waals surface area contributed by atoms with Crippen LogP contribution in [0.1, 0.15) is 18.1 Å². The Morgan fingerprint density at radius 1 is 1.00 bits per heavy atom. The number of anilines is 1. The molecule has 1 aromatic heterocycles. The molecule has 0 saturated heterocycles. The van der Waals surface area contributed by atoms with Crippen molar-refractivity contribution in [2.75, 3.05) is 11.9 Å².